The molecule has 0 fully saturated rings. The SMILES string of the molecule is Cc1cc(C)c(NC(=O)CCc2c(C)nc3c(C#N)cnn3c2C)c(C)n1. The van der Waals surface area contributed by atoms with E-state index in [0.29, 0.717) is 24.1 Å². The van der Waals surface area contributed by atoms with Crippen molar-refractivity contribution < 1.29 is 4.79 Å². The number of pyridine rings is 1. The number of rotatable bonds is 4. The molecule has 1 N–H and O–H groups in total. The average molecular weight is 362 g/mol. The first-order valence-corrected chi connectivity index (χ1v) is 8.80. The van der Waals surface area contributed by atoms with Gasteiger partial charge in [-0.25, -0.2) is 9.50 Å². The lowest BCUT2D eigenvalue weighted by Gasteiger charge is -2.13. The normalized spacial score (nSPS) is 10.8. The molecule has 3 heterocycles. The van der Waals surface area contributed by atoms with E-state index in [1.165, 1.54) is 6.20 Å². The van der Waals surface area contributed by atoms with E-state index in [0.717, 1.165) is 39.6 Å². The Morgan fingerprint density at radius 2 is 1.93 bits per heavy atom. The lowest BCUT2D eigenvalue weighted by molar-refractivity contribution is -0.116. The van der Waals surface area contributed by atoms with Gasteiger partial charge >= 0.3 is 0 Å². The Morgan fingerprint density at radius 1 is 1.19 bits per heavy atom. The molecule has 0 saturated carbocycles. The highest BCUT2D eigenvalue weighted by Crippen LogP contribution is 2.21. The molecule has 0 aliphatic carbocycles. The molecule has 7 nitrogen and oxygen atoms in total. The minimum Gasteiger partial charge on any atom is -0.324 e. The first-order valence-electron chi connectivity index (χ1n) is 8.80. The predicted octanol–water partition coefficient (Wildman–Crippen LogP) is 3.11. The Bertz CT molecular complexity index is 1070. The third-order valence-electron chi connectivity index (χ3n) is 4.72. The van der Waals surface area contributed by atoms with Gasteiger partial charge in [-0.2, -0.15) is 10.4 Å². The molecule has 3 aromatic rings. The average Bonchev–Trinajstić information content (AvgIpc) is 3.00. The zero-order chi connectivity index (χ0) is 19.7. The quantitative estimate of drug-likeness (QED) is 0.769. The Morgan fingerprint density at radius 3 is 2.59 bits per heavy atom. The highest BCUT2D eigenvalue weighted by molar-refractivity contribution is 5.92. The topological polar surface area (TPSA) is 96.0 Å². The summed E-state index contributed by atoms with van der Waals surface area (Å²) < 4.78 is 1.66. The summed E-state index contributed by atoms with van der Waals surface area (Å²) in [6, 6.07) is 4.06. The maximum atomic E-state index is 12.5. The fourth-order valence-corrected chi connectivity index (χ4v) is 3.40. The zero-order valence-corrected chi connectivity index (χ0v) is 16.2. The van der Waals surface area contributed by atoms with E-state index < -0.39 is 0 Å². The molecule has 0 atom stereocenters. The fourth-order valence-electron chi connectivity index (χ4n) is 3.40. The molecule has 138 valence electrons. The van der Waals surface area contributed by atoms with Gasteiger partial charge in [0, 0.05) is 23.5 Å². The summed E-state index contributed by atoms with van der Waals surface area (Å²) in [5, 5.41) is 16.4. The van der Waals surface area contributed by atoms with Crippen LogP contribution >= 0.6 is 0 Å². The second kappa shape index (κ2) is 7.16. The second-order valence-corrected chi connectivity index (χ2v) is 6.76. The van der Waals surface area contributed by atoms with Gasteiger partial charge in [0.05, 0.1) is 17.6 Å². The maximum Gasteiger partial charge on any atom is 0.224 e. The van der Waals surface area contributed by atoms with Crippen molar-refractivity contribution in [1.82, 2.24) is 19.6 Å². The molecule has 27 heavy (non-hydrogen) atoms. The van der Waals surface area contributed by atoms with Crippen molar-refractivity contribution in [3.8, 4) is 6.07 Å². The molecule has 0 bridgehead atoms. The number of amides is 1. The molecular formula is C20H22N6O. The number of nitrogens with zero attached hydrogens (tertiary/aromatic N) is 5. The minimum absolute atomic E-state index is 0.0658. The van der Waals surface area contributed by atoms with Crippen molar-refractivity contribution in [3.05, 3.63) is 51.7 Å². The van der Waals surface area contributed by atoms with E-state index in [9.17, 15) is 4.79 Å². The summed E-state index contributed by atoms with van der Waals surface area (Å²) >= 11 is 0. The molecule has 0 saturated heterocycles. The van der Waals surface area contributed by atoms with Crippen LogP contribution in [0.3, 0.4) is 0 Å². The van der Waals surface area contributed by atoms with Crippen molar-refractivity contribution in [2.24, 2.45) is 0 Å². The van der Waals surface area contributed by atoms with Gasteiger partial charge in [0.2, 0.25) is 5.91 Å². The van der Waals surface area contributed by atoms with Crippen molar-refractivity contribution >= 4 is 17.2 Å². The Kier molecular flexibility index (Phi) is 4.91. The number of carbonyl (C=O) groups is 1. The minimum atomic E-state index is -0.0658. The van der Waals surface area contributed by atoms with E-state index in [1.54, 1.807) is 4.52 Å². The molecule has 0 aromatic carbocycles. The largest absolute Gasteiger partial charge is 0.324 e. The van der Waals surface area contributed by atoms with Gasteiger partial charge < -0.3 is 5.32 Å². The molecule has 0 unspecified atom stereocenters. The van der Waals surface area contributed by atoms with Gasteiger partial charge in [0.1, 0.15) is 11.6 Å². The van der Waals surface area contributed by atoms with Gasteiger partial charge in [-0.05, 0) is 58.2 Å². The molecule has 7 heteroatoms. The van der Waals surface area contributed by atoms with Crippen LogP contribution in [0.15, 0.2) is 12.3 Å². The Balaban J connectivity index is 1.79. The van der Waals surface area contributed by atoms with Gasteiger partial charge in [-0.15, -0.1) is 0 Å². The number of aromatic nitrogens is 4. The van der Waals surface area contributed by atoms with Gasteiger partial charge in [0.25, 0.3) is 0 Å². The molecule has 0 radical (unpaired) electrons. The van der Waals surface area contributed by atoms with Crippen LogP contribution < -0.4 is 5.32 Å². The van der Waals surface area contributed by atoms with Crippen molar-refractivity contribution in [2.45, 2.75) is 47.5 Å². The van der Waals surface area contributed by atoms with E-state index in [4.69, 9.17) is 5.26 Å². The predicted molar refractivity (Wildman–Crippen MR) is 103 cm³/mol. The van der Waals surface area contributed by atoms with E-state index in [-0.39, 0.29) is 5.91 Å². The standard InChI is InChI=1S/C20H22N6O/c1-11-8-12(2)23-14(4)19(11)25-18(27)7-6-17-13(3)24-20-16(9-21)10-22-26(20)15(17)5/h8,10H,6-7H2,1-5H3,(H,25,27). The number of nitrogens with one attached hydrogen (secondary N) is 1. The van der Waals surface area contributed by atoms with Crippen LogP contribution in [0.1, 0.15) is 45.9 Å². The lowest BCUT2D eigenvalue weighted by atomic mass is 10.1. The highest BCUT2D eigenvalue weighted by atomic mass is 16.1. The zero-order valence-electron chi connectivity index (χ0n) is 16.2. The number of nitriles is 1. The number of aryl methyl sites for hydroxylation is 5. The summed E-state index contributed by atoms with van der Waals surface area (Å²) in [6.07, 6.45) is 2.39. The number of hydrogen-bond acceptors (Lipinski definition) is 5. The first-order chi connectivity index (χ1) is 12.8. The third-order valence-corrected chi connectivity index (χ3v) is 4.72. The number of hydrogen-bond donors (Lipinski definition) is 1. The molecule has 0 aliphatic rings. The van der Waals surface area contributed by atoms with E-state index in [1.807, 2.05) is 40.7 Å². The summed E-state index contributed by atoms with van der Waals surface area (Å²) in [4.78, 5) is 21.4. The molecular weight excluding hydrogens is 340 g/mol. The van der Waals surface area contributed by atoms with Gasteiger partial charge in [-0.1, -0.05) is 0 Å². The Hall–Kier alpha value is -3.27. The summed E-state index contributed by atoms with van der Waals surface area (Å²) in [6.45, 7) is 9.63. The highest BCUT2D eigenvalue weighted by Gasteiger charge is 2.15. The summed E-state index contributed by atoms with van der Waals surface area (Å²) in [5.41, 5.74) is 7.22. The van der Waals surface area contributed by atoms with Crippen LogP contribution in [0.5, 0.6) is 0 Å². The van der Waals surface area contributed by atoms with Crippen LogP contribution in [0.4, 0.5) is 5.69 Å². The number of anilines is 1. The van der Waals surface area contributed by atoms with Crippen LogP contribution in [0.2, 0.25) is 0 Å². The van der Waals surface area contributed by atoms with Crippen LogP contribution in [-0.2, 0) is 11.2 Å². The molecule has 3 aromatic heterocycles. The van der Waals surface area contributed by atoms with Gasteiger partial charge in [-0.3, -0.25) is 9.78 Å². The monoisotopic (exact) mass is 362 g/mol. The van der Waals surface area contributed by atoms with Gasteiger partial charge in [0.15, 0.2) is 5.65 Å². The van der Waals surface area contributed by atoms with E-state index in [2.05, 4.69) is 26.5 Å². The smallest absolute Gasteiger partial charge is 0.224 e. The van der Waals surface area contributed by atoms with Crippen LogP contribution in [0.25, 0.3) is 5.65 Å². The van der Waals surface area contributed by atoms with Crippen molar-refractivity contribution in [1.29, 1.82) is 5.26 Å². The second-order valence-electron chi connectivity index (χ2n) is 6.76. The van der Waals surface area contributed by atoms with E-state index >= 15 is 0 Å². The number of carbonyl (C=O) groups excluding carboxylic acids is 1. The molecule has 0 spiro atoms. The van der Waals surface area contributed by atoms with Crippen molar-refractivity contribution in [2.75, 3.05) is 5.32 Å². The van der Waals surface area contributed by atoms with Crippen LogP contribution in [0, 0.1) is 45.9 Å². The molecule has 1 amide bonds. The third kappa shape index (κ3) is 3.51. The lowest BCUT2D eigenvalue weighted by Crippen LogP contribution is -2.16. The molecule has 3 rings (SSSR count). The summed E-state index contributed by atoms with van der Waals surface area (Å²) in [5.74, 6) is -0.0658. The first kappa shape index (κ1) is 18.5. The number of fused-ring (bicyclic) bond motifs is 1. The van der Waals surface area contributed by atoms with Crippen molar-refractivity contribution in [3.63, 3.8) is 0 Å². The van der Waals surface area contributed by atoms with Crippen LogP contribution in [-0.4, -0.2) is 25.5 Å². The summed E-state index contributed by atoms with van der Waals surface area (Å²) in [7, 11) is 0. The maximum absolute atomic E-state index is 12.5. The Labute approximate surface area is 158 Å². The fraction of sp³-hybridized carbons (Fsp3) is 0.350. The molecule has 0 aliphatic heterocycles.